The van der Waals surface area contributed by atoms with Crippen LogP contribution in [0.3, 0.4) is 0 Å². The average Bonchev–Trinajstić information content (AvgIpc) is 2.46. The molecule has 0 fully saturated rings. The van der Waals surface area contributed by atoms with Gasteiger partial charge in [-0.1, -0.05) is 15.9 Å². The van der Waals surface area contributed by atoms with Gasteiger partial charge in [-0.25, -0.2) is 9.97 Å². The minimum Gasteiger partial charge on any atom is -0.344 e. The third-order valence-corrected chi connectivity index (χ3v) is 3.32. The van der Waals surface area contributed by atoms with Crippen LogP contribution in [0.2, 0.25) is 0 Å². The van der Waals surface area contributed by atoms with Crippen molar-refractivity contribution in [2.75, 3.05) is 18.5 Å². The van der Waals surface area contributed by atoms with Gasteiger partial charge in [0.1, 0.15) is 0 Å². The van der Waals surface area contributed by atoms with Crippen molar-refractivity contribution in [3.05, 3.63) is 48.0 Å². The lowest BCUT2D eigenvalue weighted by molar-refractivity contribution is 0.834. The number of halogens is 1. The summed E-state index contributed by atoms with van der Waals surface area (Å²) >= 11 is 3.38. The standard InChI is InChI=1S/C13H15BrN4/c1-18(7-4-11-2-5-15-6-3-11)13-16-9-12(8-14)10-17-13/h2-3,5-6,9-10H,4,7-8H2,1H3. The number of alkyl halides is 1. The molecule has 2 heterocycles. The van der Waals surface area contributed by atoms with Crippen LogP contribution in [-0.4, -0.2) is 28.5 Å². The highest BCUT2D eigenvalue weighted by atomic mass is 79.9. The van der Waals surface area contributed by atoms with E-state index in [0.29, 0.717) is 0 Å². The van der Waals surface area contributed by atoms with Crippen molar-refractivity contribution >= 4 is 21.9 Å². The highest BCUT2D eigenvalue weighted by Crippen LogP contribution is 2.08. The van der Waals surface area contributed by atoms with Crippen LogP contribution in [0, 0.1) is 0 Å². The van der Waals surface area contributed by atoms with Gasteiger partial charge in [-0.05, 0) is 29.7 Å². The number of hydrogen-bond donors (Lipinski definition) is 0. The van der Waals surface area contributed by atoms with Crippen LogP contribution in [0.1, 0.15) is 11.1 Å². The maximum atomic E-state index is 4.33. The van der Waals surface area contributed by atoms with Crippen LogP contribution in [0.4, 0.5) is 5.95 Å². The molecule has 2 aromatic rings. The predicted octanol–water partition coefficient (Wildman–Crippen LogP) is 2.45. The number of rotatable bonds is 5. The Morgan fingerprint density at radius 2 is 1.78 bits per heavy atom. The summed E-state index contributed by atoms with van der Waals surface area (Å²) in [4.78, 5) is 14.7. The highest BCUT2D eigenvalue weighted by Gasteiger charge is 2.04. The fourth-order valence-corrected chi connectivity index (χ4v) is 1.85. The molecule has 0 aromatic carbocycles. The van der Waals surface area contributed by atoms with Crippen molar-refractivity contribution in [3.8, 4) is 0 Å². The summed E-state index contributed by atoms with van der Waals surface area (Å²) < 4.78 is 0. The molecule has 5 heteroatoms. The zero-order valence-electron chi connectivity index (χ0n) is 10.3. The van der Waals surface area contributed by atoms with Crippen molar-refractivity contribution in [3.63, 3.8) is 0 Å². The summed E-state index contributed by atoms with van der Waals surface area (Å²) in [5, 5.41) is 0.786. The Kier molecular flexibility index (Phi) is 4.64. The lowest BCUT2D eigenvalue weighted by Gasteiger charge is -2.16. The molecule has 4 nitrogen and oxygen atoms in total. The fraction of sp³-hybridized carbons (Fsp3) is 0.308. The van der Waals surface area contributed by atoms with Gasteiger partial charge in [-0.2, -0.15) is 0 Å². The quantitative estimate of drug-likeness (QED) is 0.796. The summed E-state index contributed by atoms with van der Waals surface area (Å²) in [6.45, 7) is 0.887. The minimum absolute atomic E-state index is 0.758. The normalized spacial score (nSPS) is 10.3. The van der Waals surface area contributed by atoms with Crippen LogP contribution >= 0.6 is 15.9 Å². The minimum atomic E-state index is 0.758. The van der Waals surface area contributed by atoms with Gasteiger partial charge in [-0.3, -0.25) is 4.98 Å². The Morgan fingerprint density at radius 1 is 1.11 bits per heavy atom. The third-order valence-electron chi connectivity index (χ3n) is 2.67. The van der Waals surface area contributed by atoms with Crippen LogP contribution < -0.4 is 4.90 Å². The van der Waals surface area contributed by atoms with E-state index in [2.05, 4.69) is 35.8 Å². The van der Waals surface area contributed by atoms with E-state index in [0.717, 1.165) is 29.8 Å². The molecule has 18 heavy (non-hydrogen) atoms. The molecule has 2 rings (SSSR count). The summed E-state index contributed by atoms with van der Waals surface area (Å²) in [6.07, 6.45) is 8.29. The van der Waals surface area contributed by atoms with Crippen molar-refractivity contribution in [2.45, 2.75) is 11.8 Å². The number of likely N-dealkylation sites (N-methyl/N-ethyl adjacent to an activating group) is 1. The molecule has 0 aliphatic heterocycles. The number of aromatic nitrogens is 3. The van der Waals surface area contributed by atoms with Crippen LogP contribution in [0.5, 0.6) is 0 Å². The first-order valence-electron chi connectivity index (χ1n) is 5.76. The molecule has 0 saturated carbocycles. The molecule has 0 aliphatic rings. The lowest BCUT2D eigenvalue weighted by atomic mass is 10.2. The summed E-state index contributed by atoms with van der Waals surface area (Å²) in [5.74, 6) is 0.758. The Morgan fingerprint density at radius 3 is 2.39 bits per heavy atom. The van der Waals surface area contributed by atoms with E-state index in [1.165, 1.54) is 5.56 Å². The van der Waals surface area contributed by atoms with E-state index in [4.69, 9.17) is 0 Å². The van der Waals surface area contributed by atoms with Gasteiger partial charge in [0, 0.05) is 43.7 Å². The second-order valence-corrected chi connectivity index (χ2v) is 4.61. The van der Waals surface area contributed by atoms with Gasteiger partial charge < -0.3 is 4.90 Å². The van der Waals surface area contributed by atoms with E-state index in [-0.39, 0.29) is 0 Å². The number of anilines is 1. The zero-order chi connectivity index (χ0) is 12.8. The summed E-state index contributed by atoms with van der Waals surface area (Å²) in [5.41, 5.74) is 2.36. The molecule has 0 unspecified atom stereocenters. The Balaban J connectivity index is 1.93. The van der Waals surface area contributed by atoms with Gasteiger partial charge in [0.15, 0.2) is 0 Å². The monoisotopic (exact) mass is 306 g/mol. The zero-order valence-corrected chi connectivity index (χ0v) is 11.8. The fourth-order valence-electron chi connectivity index (χ4n) is 1.56. The second-order valence-electron chi connectivity index (χ2n) is 4.05. The molecular formula is C13H15BrN4. The SMILES string of the molecule is CN(CCc1ccncc1)c1ncc(CBr)cn1. The first-order valence-corrected chi connectivity index (χ1v) is 6.88. The van der Waals surface area contributed by atoms with Crippen molar-refractivity contribution in [1.82, 2.24) is 15.0 Å². The van der Waals surface area contributed by atoms with E-state index >= 15 is 0 Å². The first kappa shape index (κ1) is 13.0. The third kappa shape index (κ3) is 3.50. The van der Waals surface area contributed by atoms with Gasteiger partial charge in [0.2, 0.25) is 5.95 Å². The van der Waals surface area contributed by atoms with Crippen LogP contribution in [0.25, 0.3) is 0 Å². The number of pyridine rings is 1. The summed E-state index contributed by atoms with van der Waals surface area (Å²) in [7, 11) is 2.00. The average molecular weight is 307 g/mol. The largest absolute Gasteiger partial charge is 0.344 e. The van der Waals surface area contributed by atoms with Gasteiger partial charge in [0.25, 0.3) is 0 Å². The van der Waals surface area contributed by atoms with E-state index in [1.807, 2.05) is 44.0 Å². The molecule has 0 saturated heterocycles. The molecule has 94 valence electrons. The smallest absolute Gasteiger partial charge is 0.225 e. The van der Waals surface area contributed by atoms with E-state index in [9.17, 15) is 0 Å². The maximum Gasteiger partial charge on any atom is 0.225 e. The van der Waals surface area contributed by atoms with Crippen molar-refractivity contribution in [1.29, 1.82) is 0 Å². The van der Waals surface area contributed by atoms with Crippen LogP contribution in [0.15, 0.2) is 36.9 Å². The van der Waals surface area contributed by atoms with Crippen molar-refractivity contribution < 1.29 is 0 Å². The van der Waals surface area contributed by atoms with Gasteiger partial charge in [0.05, 0.1) is 0 Å². The number of hydrogen-bond acceptors (Lipinski definition) is 4. The maximum absolute atomic E-state index is 4.33. The molecule has 0 amide bonds. The second kappa shape index (κ2) is 6.44. The molecule has 0 spiro atoms. The molecule has 0 bridgehead atoms. The van der Waals surface area contributed by atoms with Gasteiger partial charge >= 0.3 is 0 Å². The van der Waals surface area contributed by atoms with E-state index < -0.39 is 0 Å². The Hall–Kier alpha value is -1.49. The molecule has 2 aromatic heterocycles. The van der Waals surface area contributed by atoms with Crippen LogP contribution in [-0.2, 0) is 11.8 Å². The van der Waals surface area contributed by atoms with Crippen molar-refractivity contribution in [2.24, 2.45) is 0 Å². The van der Waals surface area contributed by atoms with E-state index in [1.54, 1.807) is 0 Å². The Labute approximate surface area is 115 Å². The van der Waals surface area contributed by atoms with Gasteiger partial charge in [-0.15, -0.1) is 0 Å². The predicted molar refractivity (Wildman–Crippen MR) is 75.9 cm³/mol. The lowest BCUT2D eigenvalue weighted by Crippen LogP contribution is -2.22. The summed E-state index contributed by atoms with van der Waals surface area (Å²) in [6, 6.07) is 4.06. The topological polar surface area (TPSA) is 41.9 Å². The molecule has 0 aliphatic carbocycles. The number of nitrogens with zero attached hydrogens (tertiary/aromatic N) is 4. The molecule has 0 N–H and O–H groups in total. The highest BCUT2D eigenvalue weighted by molar-refractivity contribution is 9.08. The molecule has 0 radical (unpaired) electrons. The molecule has 0 atom stereocenters. The Bertz CT molecular complexity index is 472. The molecular weight excluding hydrogens is 292 g/mol. The first-order chi connectivity index (χ1) is 8.79.